The van der Waals surface area contributed by atoms with E-state index in [9.17, 15) is 43.5 Å². The Bertz CT molecular complexity index is 2410. The first-order valence-electron chi connectivity index (χ1n) is 32.8. The maximum atomic E-state index is 15.4. The van der Waals surface area contributed by atoms with Gasteiger partial charge in [0.1, 0.15) is 30.2 Å². The average molecular weight is 1260 g/mol. The number of ether oxygens (including phenoxy) is 1. The summed E-state index contributed by atoms with van der Waals surface area (Å²) >= 11 is 0. The first kappa shape index (κ1) is 79.7. The second-order valence-corrected chi connectivity index (χ2v) is 28.8. The van der Waals surface area contributed by atoms with Crippen LogP contribution in [0.15, 0.2) is 0 Å². The van der Waals surface area contributed by atoms with E-state index in [4.69, 9.17) is 4.74 Å². The van der Waals surface area contributed by atoms with Gasteiger partial charge in [-0.05, 0) is 86.5 Å². The van der Waals surface area contributed by atoms with Gasteiger partial charge in [0.05, 0.1) is 37.9 Å². The number of carbonyl (C=O) groups excluding carboxylic acids is 11. The topological polar surface area (TPSA) is 255 Å². The molecule has 8 amide bonds. The lowest BCUT2D eigenvalue weighted by Gasteiger charge is -2.42. The van der Waals surface area contributed by atoms with Gasteiger partial charge < -0.3 is 49.5 Å². The molecule has 22 nitrogen and oxygen atoms in total. The molecule has 12 atom stereocenters. The predicted molar refractivity (Wildman–Crippen MR) is 344 cm³/mol. The van der Waals surface area contributed by atoms with Crippen molar-refractivity contribution < 1.29 is 62.6 Å². The molecule has 510 valence electrons. The predicted octanol–water partition coefficient (Wildman–Crippen LogP) is 5.15. The maximum absolute atomic E-state index is 15.4. The Morgan fingerprint density at radius 2 is 0.865 bits per heavy atom. The molecule has 2 rings (SSSR count). The Kier molecular flexibility index (Phi) is 32.3. The van der Waals surface area contributed by atoms with E-state index >= 15 is 14.4 Å². The quantitative estimate of drug-likeness (QED) is 0.215. The van der Waals surface area contributed by atoms with Gasteiger partial charge in [0.15, 0.2) is 17.3 Å². The molecule has 2 heterocycles. The van der Waals surface area contributed by atoms with Crippen molar-refractivity contribution in [2.75, 3.05) is 88.7 Å². The lowest BCUT2D eigenvalue weighted by Crippen LogP contribution is -2.62. The second-order valence-electron chi connectivity index (χ2n) is 28.8. The highest BCUT2D eigenvalue weighted by molar-refractivity contribution is 5.99. The zero-order valence-corrected chi connectivity index (χ0v) is 59.1. The number of hydrogen-bond donors (Lipinski definition) is 2. The van der Waals surface area contributed by atoms with Crippen molar-refractivity contribution in [1.29, 1.82) is 0 Å². The molecule has 1 unspecified atom stereocenters. The molecule has 0 spiro atoms. The van der Waals surface area contributed by atoms with Gasteiger partial charge in [0.2, 0.25) is 47.3 Å². The molecule has 2 aliphatic heterocycles. The Morgan fingerprint density at radius 1 is 0.461 bits per heavy atom. The summed E-state index contributed by atoms with van der Waals surface area (Å²) in [5.41, 5.74) is 0. The average Bonchev–Trinajstić information content (AvgIpc) is 1.18. The molecule has 2 fully saturated rings. The number of aliphatic hydroxyl groups is 1. The van der Waals surface area contributed by atoms with Gasteiger partial charge in [-0.2, -0.15) is 0 Å². The van der Waals surface area contributed by atoms with Crippen LogP contribution in [-0.4, -0.2) is 246 Å². The molecule has 0 aromatic rings. The van der Waals surface area contributed by atoms with Crippen molar-refractivity contribution in [3.63, 3.8) is 0 Å². The highest BCUT2D eigenvalue weighted by atomic mass is 16.5. The van der Waals surface area contributed by atoms with Crippen LogP contribution in [0.4, 0.5) is 0 Å². The van der Waals surface area contributed by atoms with Crippen molar-refractivity contribution in [2.24, 2.45) is 65.1 Å². The minimum atomic E-state index is -1.51. The van der Waals surface area contributed by atoms with E-state index in [1.54, 1.807) is 55.4 Å². The minimum absolute atomic E-state index is 0.0685. The summed E-state index contributed by atoms with van der Waals surface area (Å²) in [6, 6.07) is -8.18. The molecule has 2 aliphatic rings. The minimum Gasteiger partial charge on any atom is -0.390 e. The Labute approximate surface area is 534 Å². The standard InChI is InChI=1S/C67H119N9O13/c1-38(2)31-50-54(78)35-49(42(9)10)64(85)71(20)51(32-39(3)4)53(77)34-46(16)61(82)68-47(17)62(83)73(22)57(43(11)12)66(87)72(21)52(33-40(5)6)65(86)74(23)58(44(13)14)67(88)75(24)59(60(81)45(15)25-26-76-27-29-89-30-28-76)55(79)36-48(41(7)8)63(84)69(18)37-56(80)70(50)19/h38-52,57-60,81H,25-37H2,1-24H3,(H,68,82)/t45-,46+,47+,48-,49-,50+,51-,52-,57?,58-,59+,60-/m1/s1. The van der Waals surface area contributed by atoms with Crippen LogP contribution in [0, 0.1) is 65.1 Å². The number of likely N-dealkylation sites (N-methyl/N-ethyl adjacent to an activating group) is 7. The molecule has 0 radical (unpaired) electrons. The number of amides is 8. The monoisotopic (exact) mass is 1260 g/mol. The van der Waals surface area contributed by atoms with E-state index in [0.29, 0.717) is 39.3 Å². The SMILES string of the molecule is CC(C)C[C@@H]1C(=O)N(C)[C@H](C(C)C)C(=O)N(C)[C@H]([C@H](O)[C@H](C)CCN2CCOCC2)C(=O)C[C@H](C(C)C)C(=O)N(C)CC(=O)N(C)[C@@H](CC(C)C)C(=O)C[C@H](C(C)C)C(=O)N(C)[C@H](CC(C)C)C(=O)C[C@H](C)C(=O)N[C@@H](C)C(=O)N(C)C(C(C)C)C(=O)N1C. The number of hydrogen-bond acceptors (Lipinski definition) is 14. The van der Waals surface area contributed by atoms with Crippen molar-refractivity contribution in [3.05, 3.63) is 0 Å². The fourth-order valence-corrected chi connectivity index (χ4v) is 12.5. The molecule has 0 saturated carbocycles. The summed E-state index contributed by atoms with van der Waals surface area (Å²) in [5, 5.41) is 15.2. The van der Waals surface area contributed by atoms with Crippen molar-refractivity contribution in [2.45, 2.75) is 211 Å². The lowest BCUT2D eigenvalue weighted by atomic mass is 9.83. The Balaban J connectivity index is 2.98. The van der Waals surface area contributed by atoms with Gasteiger partial charge in [-0.3, -0.25) is 57.6 Å². The number of morpholine rings is 1. The largest absolute Gasteiger partial charge is 0.390 e. The number of nitrogens with one attached hydrogen (secondary N) is 1. The van der Waals surface area contributed by atoms with Gasteiger partial charge >= 0.3 is 0 Å². The summed E-state index contributed by atoms with van der Waals surface area (Å²) in [4.78, 5) is 173. The number of aliphatic hydroxyl groups excluding tert-OH is 1. The number of Topliss-reactive ketones (excluding diaryl/α,β-unsaturated/α-hetero) is 3. The van der Waals surface area contributed by atoms with Crippen molar-refractivity contribution in [1.82, 2.24) is 44.5 Å². The van der Waals surface area contributed by atoms with Crippen LogP contribution in [0.1, 0.15) is 163 Å². The summed E-state index contributed by atoms with van der Waals surface area (Å²) in [6.07, 6.45) is -1.33. The van der Waals surface area contributed by atoms with Crippen LogP contribution in [0.5, 0.6) is 0 Å². The van der Waals surface area contributed by atoms with E-state index in [1.807, 2.05) is 55.4 Å². The fourth-order valence-electron chi connectivity index (χ4n) is 12.5. The number of nitrogens with zero attached hydrogens (tertiary/aromatic N) is 8. The smallest absolute Gasteiger partial charge is 0.246 e. The van der Waals surface area contributed by atoms with Crippen LogP contribution in [0.2, 0.25) is 0 Å². The van der Waals surface area contributed by atoms with E-state index in [0.717, 1.165) is 0 Å². The van der Waals surface area contributed by atoms with Gasteiger partial charge in [0.25, 0.3) is 0 Å². The first-order chi connectivity index (χ1) is 41.1. The maximum Gasteiger partial charge on any atom is 0.246 e. The summed E-state index contributed by atoms with van der Waals surface area (Å²) in [5.74, 6) is -11.7. The molecule has 2 N–H and O–H groups in total. The zero-order valence-electron chi connectivity index (χ0n) is 59.1. The molecular weight excluding hydrogens is 1140 g/mol. The van der Waals surface area contributed by atoms with Crippen molar-refractivity contribution in [3.8, 4) is 0 Å². The number of carbonyl (C=O) groups is 11. The lowest BCUT2D eigenvalue weighted by molar-refractivity contribution is -0.157. The normalized spacial score (nSPS) is 27.7. The van der Waals surface area contributed by atoms with Crippen LogP contribution >= 0.6 is 0 Å². The van der Waals surface area contributed by atoms with E-state index in [2.05, 4.69) is 10.2 Å². The first-order valence-corrected chi connectivity index (χ1v) is 32.8. The third kappa shape index (κ3) is 22.2. The van der Waals surface area contributed by atoms with Gasteiger partial charge in [-0.25, -0.2) is 0 Å². The molecule has 2 saturated heterocycles. The molecule has 89 heavy (non-hydrogen) atoms. The molecule has 0 aromatic carbocycles. The third-order valence-corrected chi connectivity index (χ3v) is 18.4. The van der Waals surface area contributed by atoms with Crippen LogP contribution in [-0.2, 0) is 57.5 Å². The van der Waals surface area contributed by atoms with Gasteiger partial charge in [-0.1, -0.05) is 111 Å². The fraction of sp³-hybridized carbons (Fsp3) is 0.836. The van der Waals surface area contributed by atoms with Crippen LogP contribution in [0.3, 0.4) is 0 Å². The molecule has 0 aliphatic carbocycles. The highest BCUT2D eigenvalue weighted by Gasteiger charge is 2.46. The summed E-state index contributed by atoms with van der Waals surface area (Å²) in [7, 11) is 10.3. The number of ketones is 3. The van der Waals surface area contributed by atoms with Gasteiger partial charge in [-0.15, -0.1) is 0 Å². The second kappa shape index (κ2) is 36.0. The Hall–Kier alpha value is -5.35. The van der Waals surface area contributed by atoms with E-state index in [1.165, 1.54) is 90.6 Å². The summed E-state index contributed by atoms with van der Waals surface area (Å²) in [6.45, 7) is 33.0. The van der Waals surface area contributed by atoms with Crippen LogP contribution < -0.4 is 5.32 Å². The van der Waals surface area contributed by atoms with Gasteiger partial charge in [0, 0.05) is 99.4 Å². The highest BCUT2D eigenvalue weighted by Crippen LogP contribution is 2.30. The molecule has 0 bridgehead atoms. The third-order valence-electron chi connectivity index (χ3n) is 18.4. The zero-order chi connectivity index (χ0) is 68.5. The summed E-state index contributed by atoms with van der Waals surface area (Å²) < 4.78 is 5.55. The number of rotatable bonds is 15. The van der Waals surface area contributed by atoms with Crippen molar-refractivity contribution >= 4 is 64.6 Å². The van der Waals surface area contributed by atoms with E-state index < -0.39 is 162 Å². The Morgan fingerprint density at radius 3 is 1.34 bits per heavy atom. The molecular formula is C67H119N9O13. The molecule has 22 heteroatoms. The molecule has 0 aromatic heterocycles. The van der Waals surface area contributed by atoms with Crippen LogP contribution in [0.25, 0.3) is 0 Å². The van der Waals surface area contributed by atoms with E-state index in [-0.39, 0.29) is 61.6 Å².